The lowest BCUT2D eigenvalue weighted by Gasteiger charge is -2.31. The van der Waals surface area contributed by atoms with Gasteiger partial charge in [0.05, 0.1) is 102 Å². The smallest absolute Gasteiger partial charge is 0.304 e. The molecule has 0 radical (unpaired) electrons. The third-order valence-electron chi connectivity index (χ3n) is 8.12. The molecule has 0 fully saturated rings. The molecule has 0 spiro atoms. The van der Waals surface area contributed by atoms with Gasteiger partial charge in [-0.25, -0.2) is 0 Å². The Kier molecular flexibility index (Phi) is 62.3. The fourth-order valence-corrected chi connectivity index (χ4v) is 4.07. The first-order chi connectivity index (χ1) is 30.1. The predicted molar refractivity (Wildman–Crippen MR) is 270 cm³/mol. The number of thiol groups is 6. The average molecular weight is 1060 g/mol. The van der Waals surface area contributed by atoms with E-state index in [9.17, 15) is 28.8 Å². The molecule has 0 bridgehead atoms. The van der Waals surface area contributed by atoms with Gasteiger partial charge < -0.3 is 66.0 Å². The quantitative estimate of drug-likeness (QED) is 0.0493. The highest BCUT2D eigenvalue weighted by molar-refractivity contribution is 7.81. The van der Waals surface area contributed by atoms with Gasteiger partial charge in [0.15, 0.2) is 0 Å². The third kappa shape index (κ3) is 62.6. The summed E-state index contributed by atoms with van der Waals surface area (Å²) in [5.74, 6) is -4.63. The molecule has 0 saturated carbocycles. The van der Waals surface area contributed by atoms with Crippen LogP contribution in [0.5, 0.6) is 0 Å². The summed E-state index contributed by atoms with van der Waals surface area (Å²) in [6, 6.07) is 0. The van der Waals surface area contributed by atoms with E-state index >= 15 is 0 Å². The SMILES string of the molecule is CCC(S)CC(=O)O.CCC(S)CC(=O)O.CCC(S)CC(=O)O.CCC(S)CC(=O)O.CCC(S)CC(=O)O.CCC(S)CC(=O)O.OCC(CO)(CO)COCC(CO)(CO)CO. The molecule has 0 amide bonds. The second-order valence-corrected chi connectivity index (χ2v) is 18.8. The van der Waals surface area contributed by atoms with E-state index in [-0.39, 0.29) is 83.2 Å². The van der Waals surface area contributed by atoms with Crippen LogP contribution in [0.3, 0.4) is 0 Å². The van der Waals surface area contributed by atoms with Crippen LogP contribution in [0.2, 0.25) is 0 Å². The topological polar surface area (TPSA) is 354 Å². The molecule has 0 aromatic rings. The largest absolute Gasteiger partial charge is 0.481 e. The van der Waals surface area contributed by atoms with E-state index in [0.717, 1.165) is 38.5 Å². The molecule has 0 aliphatic carbocycles. The highest BCUT2D eigenvalue weighted by atomic mass is 32.1. The van der Waals surface area contributed by atoms with Crippen LogP contribution >= 0.6 is 75.8 Å². The van der Waals surface area contributed by atoms with Gasteiger partial charge in [0.1, 0.15) is 0 Å². The summed E-state index contributed by atoms with van der Waals surface area (Å²) in [6.45, 7) is 8.50. The number of carboxylic acids is 6. The van der Waals surface area contributed by atoms with Crippen molar-refractivity contribution in [1.82, 2.24) is 0 Å². The van der Waals surface area contributed by atoms with Gasteiger partial charge in [-0.2, -0.15) is 75.8 Å². The number of hydrogen-bond acceptors (Lipinski definition) is 19. The van der Waals surface area contributed by atoms with Gasteiger partial charge in [0, 0.05) is 31.5 Å². The predicted octanol–water partition coefficient (Wildman–Crippen LogP) is 3.95. The zero-order valence-electron chi connectivity index (χ0n) is 38.5. The van der Waals surface area contributed by atoms with Gasteiger partial charge in [-0.05, 0) is 38.5 Å². The van der Waals surface area contributed by atoms with Crippen molar-refractivity contribution in [3.63, 3.8) is 0 Å². The van der Waals surface area contributed by atoms with Gasteiger partial charge in [0.25, 0.3) is 0 Å². The van der Waals surface area contributed by atoms with Gasteiger partial charge in [0.2, 0.25) is 0 Å². The van der Waals surface area contributed by atoms with Crippen molar-refractivity contribution in [1.29, 1.82) is 0 Å². The zero-order valence-corrected chi connectivity index (χ0v) is 43.9. The van der Waals surface area contributed by atoms with Gasteiger partial charge in [-0.3, -0.25) is 28.8 Å². The number of carboxylic acid groups (broad SMARTS) is 6. The number of hydrogen-bond donors (Lipinski definition) is 18. The number of aliphatic carboxylic acids is 6. The molecule has 65 heavy (non-hydrogen) atoms. The summed E-state index contributed by atoms with van der Waals surface area (Å²) in [5.41, 5.74) is -2.32. The maximum atomic E-state index is 9.92. The first kappa shape index (κ1) is 77.8. The van der Waals surface area contributed by atoms with E-state index in [0.29, 0.717) is 0 Å². The maximum absolute atomic E-state index is 9.92. The normalized spacial score (nSPS) is 13.2. The Morgan fingerprint density at radius 2 is 0.462 bits per heavy atom. The molecule has 392 valence electrons. The van der Waals surface area contributed by atoms with Crippen LogP contribution in [0, 0.1) is 10.8 Å². The van der Waals surface area contributed by atoms with E-state index in [4.69, 9.17) is 66.0 Å². The maximum Gasteiger partial charge on any atom is 0.304 e. The standard InChI is InChI=1S/C10H22O7.6C5H10O2S/c11-1-9(2-12,3-13)7-17-8-10(4-14,5-15)6-16;6*1-2-4(8)3-5(6)7/h11-16H,1-8H2;6*4,8H,2-3H2,1H3,(H,6,7). The zero-order chi connectivity index (χ0) is 52.8. The minimum absolute atomic E-state index is 0.0208. The molecule has 0 aliphatic heterocycles. The van der Waals surface area contributed by atoms with Crippen LogP contribution in [-0.4, -0.2) is 181 Å². The van der Waals surface area contributed by atoms with E-state index in [2.05, 4.69) is 75.8 Å². The van der Waals surface area contributed by atoms with Gasteiger partial charge in [-0.1, -0.05) is 41.5 Å². The summed E-state index contributed by atoms with van der Waals surface area (Å²) < 4.78 is 5.15. The van der Waals surface area contributed by atoms with Crippen LogP contribution in [0.4, 0.5) is 0 Å². The number of rotatable bonds is 28. The Morgan fingerprint density at radius 1 is 0.338 bits per heavy atom. The molecule has 0 aromatic heterocycles. The molecule has 6 unspecified atom stereocenters. The molecule has 12 N–H and O–H groups in total. The fraction of sp³-hybridized carbons (Fsp3) is 0.850. The van der Waals surface area contributed by atoms with E-state index in [1.54, 1.807) is 0 Å². The average Bonchev–Trinajstić information content (AvgIpc) is 3.24. The molecular formula is C40H82O19S6. The molecule has 0 saturated heterocycles. The molecule has 25 heteroatoms. The van der Waals surface area contributed by atoms with Crippen molar-refractivity contribution in [3.05, 3.63) is 0 Å². The lowest BCUT2D eigenvalue weighted by atomic mass is 9.91. The van der Waals surface area contributed by atoms with Crippen LogP contribution in [0.25, 0.3) is 0 Å². The number of aliphatic hydroxyl groups is 6. The monoisotopic (exact) mass is 1060 g/mol. The molecule has 0 heterocycles. The van der Waals surface area contributed by atoms with Crippen LogP contribution in [0.1, 0.15) is 119 Å². The Morgan fingerprint density at radius 3 is 0.523 bits per heavy atom. The van der Waals surface area contributed by atoms with Crippen molar-refractivity contribution < 1.29 is 94.8 Å². The summed E-state index contributed by atoms with van der Waals surface area (Å²) in [5, 5.41) is 103. The Hall–Kier alpha value is -1.36. The van der Waals surface area contributed by atoms with Crippen LogP contribution in [0.15, 0.2) is 0 Å². The Labute approximate surface area is 418 Å². The fourth-order valence-electron chi connectivity index (χ4n) is 3.13. The first-order valence-corrected chi connectivity index (χ1v) is 23.8. The van der Waals surface area contributed by atoms with Crippen LogP contribution in [-0.2, 0) is 33.5 Å². The second kappa shape index (κ2) is 52.0. The lowest BCUT2D eigenvalue weighted by Crippen LogP contribution is -2.43. The van der Waals surface area contributed by atoms with Crippen molar-refractivity contribution in [2.24, 2.45) is 10.8 Å². The van der Waals surface area contributed by atoms with E-state index in [1.807, 2.05) is 41.5 Å². The van der Waals surface area contributed by atoms with Gasteiger partial charge >= 0.3 is 35.8 Å². The number of carbonyl (C=O) groups is 6. The second-order valence-electron chi connectivity index (χ2n) is 14.4. The highest BCUT2D eigenvalue weighted by Crippen LogP contribution is 2.20. The number of aliphatic hydroxyl groups excluding tert-OH is 6. The summed E-state index contributed by atoms with van der Waals surface area (Å²) in [7, 11) is 0. The highest BCUT2D eigenvalue weighted by Gasteiger charge is 2.33. The molecule has 0 aliphatic rings. The number of ether oxygens (including phenoxy) is 1. The van der Waals surface area contributed by atoms with Crippen LogP contribution < -0.4 is 0 Å². The summed E-state index contributed by atoms with van der Waals surface area (Å²) >= 11 is 23.9. The lowest BCUT2D eigenvalue weighted by molar-refractivity contribution is -0.138. The van der Waals surface area contributed by atoms with Gasteiger partial charge in [-0.15, -0.1) is 0 Å². The van der Waals surface area contributed by atoms with Crippen molar-refractivity contribution in [3.8, 4) is 0 Å². The third-order valence-corrected chi connectivity index (χ3v) is 11.4. The minimum Gasteiger partial charge on any atom is -0.481 e. The first-order valence-electron chi connectivity index (χ1n) is 20.7. The van der Waals surface area contributed by atoms with E-state index < -0.39 is 86.3 Å². The summed E-state index contributed by atoms with van der Waals surface area (Å²) in [4.78, 5) is 59.5. The molecular weight excluding hydrogens is 977 g/mol. The van der Waals surface area contributed by atoms with Crippen molar-refractivity contribution in [2.45, 2.75) is 150 Å². The summed E-state index contributed by atoms with van der Waals surface area (Å²) in [6.07, 6.45) is 5.89. The Balaban J connectivity index is -0.000000124. The van der Waals surface area contributed by atoms with Crippen molar-refractivity contribution >= 4 is 112 Å². The molecule has 19 nitrogen and oxygen atoms in total. The van der Waals surface area contributed by atoms with E-state index in [1.165, 1.54) is 0 Å². The molecule has 0 aromatic carbocycles. The molecule has 0 rings (SSSR count). The Bertz CT molecular complexity index is 960. The van der Waals surface area contributed by atoms with Crippen molar-refractivity contribution in [2.75, 3.05) is 52.9 Å². The molecule has 6 atom stereocenters. The minimum atomic E-state index is -1.16.